The maximum absolute atomic E-state index is 13.5. The topological polar surface area (TPSA) is 71.1 Å². The standard InChI is InChI=1S/C17H32O6P2/c1-12(2)20-24(18,21-13(3)4)16-10-9-11-17(16)25(19,22-14(5)6)23-15(7)8/h9-16H,1-8H3. The summed E-state index contributed by atoms with van der Waals surface area (Å²) in [5.74, 6) is 0. The van der Waals surface area contributed by atoms with Crippen molar-refractivity contribution in [2.24, 2.45) is 0 Å². The summed E-state index contributed by atoms with van der Waals surface area (Å²) in [6.07, 6.45) is 3.76. The molecule has 0 aromatic heterocycles. The van der Waals surface area contributed by atoms with E-state index in [0.717, 1.165) is 0 Å². The van der Waals surface area contributed by atoms with Gasteiger partial charge in [-0.3, -0.25) is 9.13 Å². The van der Waals surface area contributed by atoms with Gasteiger partial charge in [0.05, 0.1) is 29.7 Å². The third-order valence-electron chi connectivity index (χ3n) is 2.93. The molecule has 0 aromatic carbocycles. The molecule has 25 heavy (non-hydrogen) atoms. The predicted octanol–water partition coefficient (Wildman–Crippen LogP) is 5.89. The normalized spacial score (nSPS) is 18.9. The lowest BCUT2D eigenvalue weighted by Crippen LogP contribution is -2.20. The molecule has 0 N–H and O–H groups in total. The Bertz CT molecular complexity index is 564. The highest BCUT2D eigenvalue weighted by Gasteiger charge is 2.48. The molecule has 0 amide bonds. The van der Waals surface area contributed by atoms with Crippen LogP contribution in [0.5, 0.6) is 0 Å². The smallest absolute Gasteiger partial charge is 0.305 e. The van der Waals surface area contributed by atoms with Gasteiger partial charge in [0.25, 0.3) is 0 Å². The predicted molar refractivity (Wildman–Crippen MR) is 101 cm³/mol. The Kier molecular flexibility index (Phi) is 8.33. The Morgan fingerprint density at radius 1 is 0.760 bits per heavy atom. The first kappa shape index (κ1) is 22.8. The van der Waals surface area contributed by atoms with E-state index >= 15 is 0 Å². The summed E-state index contributed by atoms with van der Waals surface area (Å²) in [5, 5.41) is 0.319. The molecule has 0 saturated heterocycles. The van der Waals surface area contributed by atoms with E-state index in [1.54, 1.807) is 73.6 Å². The molecular weight excluding hydrogens is 362 g/mol. The second-order valence-corrected chi connectivity index (χ2v) is 11.1. The molecule has 1 aliphatic rings. The van der Waals surface area contributed by atoms with Crippen LogP contribution in [0.25, 0.3) is 0 Å². The molecule has 0 saturated carbocycles. The van der Waals surface area contributed by atoms with Crippen molar-refractivity contribution >= 4 is 15.2 Å². The molecule has 8 heteroatoms. The van der Waals surface area contributed by atoms with E-state index in [0.29, 0.717) is 5.31 Å². The van der Waals surface area contributed by atoms with Gasteiger partial charge in [0, 0.05) is 0 Å². The molecule has 0 heterocycles. The Hall–Kier alpha value is -0.220. The number of allylic oxidation sites excluding steroid dienone is 4. The summed E-state index contributed by atoms with van der Waals surface area (Å²) in [5.41, 5.74) is -0.791. The van der Waals surface area contributed by atoms with E-state index in [4.69, 9.17) is 18.1 Å². The molecule has 0 spiro atoms. The van der Waals surface area contributed by atoms with Gasteiger partial charge in [-0.1, -0.05) is 12.2 Å². The number of rotatable bonds is 10. The van der Waals surface area contributed by atoms with Crippen LogP contribution in [0.3, 0.4) is 0 Å². The van der Waals surface area contributed by atoms with Gasteiger partial charge >= 0.3 is 15.2 Å². The zero-order chi connectivity index (χ0) is 19.4. The van der Waals surface area contributed by atoms with Crippen LogP contribution >= 0.6 is 15.2 Å². The van der Waals surface area contributed by atoms with Crippen LogP contribution in [-0.4, -0.2) is 30.1 Å². The Morgan fingerprint density at radius 3 is 1.52 bits per heavy atom. The summed E-state index contributed by atoms with van der Waals surface area (Å²) in [6, 6.07) is 0. The third-order valence-corrected chi connectivity index (χ3v) is 8.16. The van der Waals surface area contributed by atoms with E-state index in [2.05, 4.69) is 0 Å². The summed E-state index contributed by atoms with van der Waals surface area (Å²) < 4.78 is 49.7. The Morgan fingerprint density at radius 2 is 1.16 bits per heavy atom. The summed E-state index contributed by atoms with van der Waals surface area (Å²) in [7, 11) is -7.26. The van der Waals surface area contributed by atoms with Crippen LogP contribution in [0.4, 0.5) is 0 Å². The maximum Gasteiger partial charge on any atom is 0.359 e. The zero-order valence-electron chi connectivity index (χ0n) is 16.5. The average molecular weight is 394 g/mol. The van der Waals surface area contributed by atoms with Crippen LogP contribution in [-0.2, 0) is 27.2 Å². The molecule has 1 aliphatic carbocycles. The summed E-state index contributed by atoms with van der Waals surface area (Å²) in [6.45, 7) is 14.3. The van der Waals surface area contributed by atoms with E-state index in [-0.39, 0.29) is 24.4 Å². The fourth-order valence-corrected chi connectivity index (χ4v) is 7.56. The van der Waals surface area contributed by atoms with Crippen LogP contribution in [0.15, 0.2) is 23.5 Å². The van der Waals surface area contributed by atoms with Crippen LogP contribution in [0, 0.1) is 0 Å². The molecular formula is C17H32O6P2. The van der Waals surface area contributed by atoms with Gasteiger partial charge in [-0.05, 0) is 61.5 Å². The lowest BCUT2D eigenvalue weighted by Gasteiger charge is -2.32. The molecule has 0 bridgehead atoms. The van der Waals surface area contributed by atoms with Crippen molar-refractivity contribution in [2.45, 2.75) is 85.5 Å². The minimum Gasteiger partial charge on any atom is -0.305 e. The Labute approximate surface area is 152 Å². The highest BCUT2D eigenvalue weighted by atomic mass is 31.2. The fourth-order valence-electron chi connectivity index (χ4n) is 2.42. The van der Waals surface area contributed by atoms with Crippen LogP contribution < -0.4 is 0 Å². The second kappa shape index (κ2) is 9.12. The summed E-state index contributed by atoms with van der Waals surface area (Å²) >= 11 is 0. The SMILES string of the molecule is CC(C)OP(=O)(OC(C)C)C1=CC=CC1P(=O)(OC(C)C)OC(C)C. The van der Waals surface area contributed by atoms with E-state index in [1.165, 1.54) is 0 Å². The van der Waals surface area contributed by atoms with Gasteiger partial charge < -0.3 is 18.1 Å². The molecule has 0 aliphatic heterocycles. The molecule has 1 unspecified atom stereocenters. The van der Waals surface area contributed by atoms with Crippen LogP contribution in [0.1, 0.15) is 55.4 Å². The van der Waals surface area contributed by atoms with Crippen molar-refractivity contribution in [2.75, 3.05) is 0 Å². The molecule has 1 rings (SSSR count). The van der Waals surface area contributed by atoms with E-state index in [1.807, 2.05) is 0 Å². The van der Waals surface area contributed by atoms with Crippen molar-refractivity contribution in [3.8, 4) is 0 Å². The quantitative estimate of drug-likeness (QED) is 0.430. The molecule has 1 atom stereocenters. The van der Waals surface area contributed by atoms with Gasteiger partial charge in [0.15, 0.2) is 0 Å². The first-order valence-electron chi connectivity index (χ1n) is 8.72. The zero-order valence-corrected chi connectivity index (χ0v) is 18.3. The highest BCUT2D eigenvalue weighted by Crippen LogP contribution is 2.69. The van der Waals surface area contributed by atoms with Gasteiger partial charge in [-0.25, -0.2) is 0 Å². The average Bonchev–Trinajstić information content (AvgIpc) is 2.84. The van der Waals surface area contributed by atoms with Crippen molar-refractivity contribution < 1.29 is 27.2 Å². The molecule has 146 valence electrons. The van der Waals surface area contributed by atoms with Crippen molar-refractivity contribution in [3.05, 3.63) is 23.5 Å². The first-order chi connectivity index (χ1) is 11.4. The minimum atomic E-state index is -3.65. The van der Waals surface area contributed by atoms with Gasteiger partial charge in [0.1, 0.15) is 5.66 Å². The molecule has 6 nitrogen and oxygen atoms in total. The fraction of sp³-hybridized carbons (Fsp3) is 0.765. The lowest BCUT2D eigenvalue weighted by molar-refractivity contribution is 0.136. The van der Waals surface area contributed by atoms with Gasteiger partial charge in [-0.2, -0.15) is 0 Å². The van der Waals surface area contributed by atoms with Gasteiger partial charge in [0.2, 0.25) is 0 Å². The molecule has 0 radical (unpaired) electrons. The minimum absolute atomic E-state index is 0.309. The monoisotopic (exact) mass is 394 g/mol. The van der Waals surface area contributed by atoms with Crippen LogP contribution in [0.2, 0.25) is 0 Å². The maximum atomic E-state index is 13.5. The molecule has 0 aromatic rings. The van der Waals surface area contributed by atoms with E-state index < -0.39 is 20.9 Å². The van der Waals surface area contributed by atoms with Crippen molar-refractivity contribution in [1.29, 1.82) is 0 Å². The summed E-state index contributed by atoms with van der Waals surface area (Å²) in [4.78, 5) is 0. The molecule has 0 fully saturated rings. The Balaban J connectivity index is 3.29. The largest absolute Gasteiger partial charge is 0.359 e. The van der Waals surface area contributed by atoms with Gasteiger partial charge in [-0.15, -0.1) is 0 Å². The number of hydrogen-bond donors (Lipinski definition) is 0. The van der Waals surface area contributed by atoms with E-state index in [9.17, 15) is 9.13 Å². The lowest BCUT2D eigenvalue weighted by atomic mass is 10.5. The number of hydrogen-bond acceptors (Lipinski definition) is 6. The highest BCUT2D eigenvalue weighted by molar-refractivity contribution is 7.62. The third kappa shape index (κ3) is 6.46. The van der Waals surface area contributed by atoms with Crippen molar-refractivity contribution in [3.63, 3.8) is 0 Å². The van der Waals surface area contributed by atoms with Crippen molar-refractivity contribution in [1.82, 2.24) is 0 Å². The second-order valence-electron chi connectivity index (χ2n) is 7.08. The first-order valence-corrected chi connectivity index (χ1v) is 11.9.